The van der Waals surface area contributed by atoms with Gasteiger partial charge in [-0.1, -0.05) is 6.92 Å². The monoisotopic (exact) mass is 309 g/mol. The third kappa shape index (κ3) is 2.62. The summed E-state index contributed by atoms with van der Waals surface area (Å²) in [5.74, 6) is -1.26. The molecule has 1 unspecified atom stereocenters. The van der Waals surface area contributed by atoms with Crippen molar-refractivity contribution in [2.75, 3.05) is 0 Å². The molecule has 2 aliphatic rings. The number of nitrogens with zero attached hydrogens (tertiary/aromatic N) is 1. The van der Waals surface area contributed by atoms with Crippen LogP contribution in [0.4, 0.5) is 4.79 Å². The summed E-state index contributed by atoms with van der Waals surface area (Å²) in [7, 11) is 0. The second kappa shape index (κ2) is 5.41. The lowest BCUT2D eigenvalue weighted by atomic mass is 9.88. The molecule has 0 aromatic heterocycles. The molecule has 6 nitrogen and oxygen atoms in total. The highest BCUT2D eigenvalue weighted by Gasteiger charge is 2.55. The van der Waals surface area contributed by atoms with E-state index in [9.17, 15) is 19.5 Å². The molecule has 0 fully saturated rings. The Morgan fingerprint density at radius 2 is 1.95 bits per heavy atom. The van der Waals surface area contributed by atoms with Crippen LogP contribution in [0.5, 0.6) is 0 Å². The molecular weight excluding hydrogens is 286 g/mol. The fourth-order valence-electron chi connectivity index (χ4n) is 3.18. The Hall–Kier alpha value is -1.85. The molecule has 1 atom stereocenters. The molecule has 1 aliphatic carbocycles. The Labute approximate surface area is 130 Å². The molecule has 1 N–H and O–H groups in total. The summed E-state index contributed by atoms with van der Waals surface area (Å²) in [5.41, 5.74) is -1.14. The molecule has 2 rings (SSSR count). The lowest BCUT2D eigenvalue weighted by molar-refractivity contribution is -0.149. The highest BCUT2D eigenvalue weighted by Crippen LogP contribution is 2.45. The summed E-state index contributed by atoms with van der Waals surface area (Å²) in [6.07, 6.45) is 1.39. The Bertz CT molecular complexity index is 557. The van der Waals surface area contributed by atoms with E-state index in [1.165, 1.54) is 0 Å². The summed E-state index contributed by atoms with van der Waals surface area (Å²) < 4.78 is 5.36. The predicted octanol–water partition coefficient (Wildman–Crippen LogP) is 2.87. The van der Waals surface area contributed by atoms with Crippen LogP contribution in [-0.4, -0.2) is 39.0 Å². The van der Waals surface area contributed by atoms with Crippen molar-refractivity contribution < 1.29 is 24.2 Å². The van der Waals surface area contributed by atoms with Gasteiger partial charge in [-0.05, 0) is 45.6 Å². The average molecular weight is 309 g/mol. The maximum atomic E-state index is 12.6. The molecule has 0 aromatic carbocycles. The number of amides is 1. The minimum atomic E-state index is -1.41. The maximum absolute atomic E-state index is 12.6. The second-order valence-electron chi connectivity index (χ2n) is 6.91. The van der Waals surface area contributed by atoms with Gasteiger partial charge in [0.15, 0.2) is 11.3 Å². The number of allylic oxidation sites excluding steroid dienone is 1. The minimum Gasteiger partial charge on any atom is -0.479 e. The summed E-state index contributed by atoms with van der Waals surface area (Å²) >= 11 is 0. The van der Waals surface area contributed by atoms with E-state index in [2.05, 4.69) is 0 Å². The number of aliphatic carboxylic acids is 1. The molecular formula is C16H23NO5. The molecule has 1 amide bonds. The van der Waals surface area contributed by atoms with Gasteiger partial charge in [0.2, 0.25) is 0 Å². The second-order valence-corrected chi connectivity index (χ2v) is 6.91. The van der Waals surface area contributed by atoms with E-state index in [4.69, 9.17) is 4.74 Å². The quantitative estimate of drug-likeness (QED) is 0.848. The van der Waals surface area contributed by atoms with E-state index in [0.717, 1.165) is 10.5 Å². The van der Waals surface area contributed by atoms with Gasteiger partial charge >= 0.3 is 12.1 Å². The number of ether oxygens (including phenoxy) is 1. The number of hydrogen-bond donors (Lipinski definition) is 1. The average Bonchev–Trinajstić information content (AvgIpc) is 2.73. The molecule has 0 saturated heterocycles. The van der Waals surface area contributed by atoms with E-state index in [0.29, 0.717) is 19.3 Å². The smallest absolute Gasteiger partial charge is 0.415 e. The normalized spacial score (nSPS) is 25.3. The van der Waals surface area contributed by atoms with Crippen molar-refractivity contribution in [3.05, 3.63) is 11.3 Å². The molecule has 0 radical (unpaired) electrons. The molecule has 122 valence electrons. The number of hydrogen-bond acceptors (Lipinski definition) is 4. The van der Waals surface area contributed by atoms with Crippen molar-refractivity contribution in [2.24, 2.45) is 0 Å². The van der Waals surface area contributed by atoms with Crippen molar-refractivity contribution in [3.8, 4) is 0 Å². The largest absolute Gasteiger partial charge is 0.479 e. The van der Waals surface area contributed by atoms with Crippen LogP contribution in [0.25, 0.3) is 0 Å². The summed E-state index contributed by atoms with van der Waals surface area (Å²) in [6.45, 7) is 6.86. The van der Waals surface area contributed by atoms with Crippen molar-refractivity contribution in [1.29, 1.82) is 0 Å². The third-order valence-electron chi connectivity index (χ3n) is 4.20. The molecule has 0 bridgehead atoms. The third-order valence-corrected chi connectivity index (χ3v) is 4.20. The predicted molar refractivity (Wildman–Crippen MR) is 79.2 cm³/mol. The first kappa shape index (κ1) is 16.5. The van der Waals surface area contributed by atoms with Crippen LogP contribution in [0.15, 0.2) is 11.3 Å². The number of rotatable bonds is 2. The van der Waals surface area contributed by atoms with Crippen molar-refractivity contribution >= 4 is 17.8 Å². The van der Waals surface area contributed by atoms with Gasteiger partial charge in [0, 0.05) is 12.8 Å². The SMILES string of the molecule is CCC1(C(=O)O)CC2=C(C(=O)CCC2)N1C(=O)OC(C)(C)C. The van der Waals surface area contributed by atoms with Crippen molar-refractivity contribution in [3.63, 3.8) is 0 Å². The van der Waals surface area contributed by atoms with Gasteiger partial charge in [0.1, 0.15) is 5.60 Å². The zero-order valence-corrected chi connectivity index (χ0v) is 13.6. The summed E-state index contributed by atoms with van der Waals surface area (Å²) in [5, 5.41) is 9.73. The molecule has 0 spiro atoms. The van der Waals surface area contributed by atoms with Crippen LogP contribution in [0.3, 0.4) is 0 Å². The fraction of sp³-hybridized carbons (Fsp3) is 0.688. The highest BCUT2D eigenvalue weighted by molar-refractivity contribution is 6.03. The number of carbonyl (C=O) groups excluding carboxylic acids is 2. The van der Waals surface area contributed by atoms with E-state index in [1.807, 2.05) is 0 Å². The van der Waals surface area contributed by atoms with Crippen molar-refractivity contribution in [2.45, 2.75) is 70.9 Å². The molecule has 1 aliphatic heterocycles. The zero-order chi connectivity index (χ0) is 16.7. The number of Topliss-reactive ketones (excluding diaryl/α,β-unsaturated/α-hetero) is 1. The summed E-state index contributed by atoms with van der Waals surface area (Å²) in [6, 6.07) is 0. The number of ketones is 1. The zero-order valence-electron chi connectivity index (χ0n) is 13.6. The maximum Gasteiger partial charge on any atom is 0.415 e. The van der Waals surface area contributed by atoms with Gasteiger partial charge in [-0.2, -0.15) is 0 Å². The Kier molecular flexibility index (Phi) is 4.06. The fourth-order valence-corrected chi connectivity index (χ4v) is 3.18. The highest BCUT2D eigenvalue weighted by atomic mass is 16.6. The number of carboxylic acid groups (broad SMARTS) is 1. The van der Waals surface area contributed by atoms with Gasteiger partial charge in [0.25, 0.3) is 0 Å². The first-order chi connectivity index (χ1) is 10.1. The lowest BCUT2D eigenvalue weighted by Gasteiger charge is -2.36. The molecule has 1 heterocycles. The molecule has 0 saturated carbocycles. The Balaban J connectivity index is 2.49. The van der Waals surface area contributed by atoms with Crippen LogP contribution in [-0.2, 0) is 14.3 Å². The van der Waals surface area contributed by atoms with Gasteiger partial charge in [0.05, 0.1) is 5.70 Å². The first-order valence-electron chi connectivity index (χ1n) is 7.64. The van der Waals surface area contributed by atoms with E-state index >= 15 is 0 Å². The van der Waals surface area contributed by atoms with E-state index in [-0.39, 0.29) is 24.3 Å². The van der Waals surface area contributed by atoms with Crippen LogP contribution in [0, 0.1) is 0 Å². The molecule has 0 aromatic rings. The van der Waals surface area contributed by atoms with E-state index in [1.54, 1.807) is 27.7 Å². The lowest BCUT2D eigenvalue weighted by Crippen LogP contribution is -2.55. The van der Waals surface area contributed by atoms with Gasteiger partial charge in [-0.3, -0.25) is 9.69 Å². The topological polar surface area (TPSA) is 83.9 Å². The van der Waals surface area contributed by atoms with E-state index < -0.39 is 23.2 Å². The van der Waals surface area contributed by atoms with Gasteiger partial charge < -0.3 is 9.84 Å². The van der Waals surface area contributed by atoms with Crippen LogP contribution in [0.2, 0.25) is 0 Å². The number of carbonyl (C=O) groups is 3. The van der Waals surface area contributed by atoms with Crippen molar-refractivity contribution in [1.82, 2.24) is 4.90 Å². The Morgan fingerprint density at radius 1 is 1.32 bits per heavy atom. The van der Waals surface area contributed by atoms with Crippen LogP contribution >= 0.6 is 0 Å². The summed E-state index contributed by atoms with van der Waals surface area (Å²) in [4.78, 5) is 37.9. The standard InChI is InChI=1S/C16H23NO5/c1-5-16(13(19)20)9-10-7-6-8-11(18)12(10)17(16)14(21)22-15(2,3)4/h5-9H2,1-4H3,(H,19,20). The minimum absolute atomic E-state index is 0.163. The van der Waals surface area contributed by atoms with Gasteiger partial charge in [-0.15, -0.1) is 0 Å². The van der Waals surface area contributed by atoms with Crippen LogP contribution < -0.4 is 0 Å². The molecule has 6 heteroatoms. The van der Waals surface area contributed by atoms with Gasteiger partial charge in [-0.25, -0.2) is 9.59 Å². The number of carboxylic acids is 1. The molecule has 22 heavy (non-hydrogen) atoms. The Morgan fingerprint density at radius 3 is 2.45 bits per heavy atom. The first-order valence-corrected chi connectivity index (χ1v) is 7.64. The van der Waals surface area contributed by atoms with Crippen LogP contribution in [0.1, 0.15) is 59.8 Å².